The molecule has 0 amide bonds. The van der Waals surface area contributed by atoms with E-state index >= 15 is 0 Å². The van der Waals surface area contributed by atoms with Crippen LogP contribution >= 0.6 is 0 Å². The second-order valence-electron chi connectivity index (χ2n) is 2.61. The Balaban J connectivity index is 2.70. The van der Waals surface area contributed by atoms with Gasteiger partial charge in [0.25, 0.3) is 5.79 Å². The van der Waals surface area contributed by atoms with E-state index in [0.29, 0.717) is 6.42 Å². The minimum Gasteiger partial charge on any atom is -0.422 e. The fourth-order valence-electron chi connectivity index (χ4n) is 0.837. The molecule has 1 heterocycles. The first-order valence-corrected chi connectivity index (χ1v) is 3.49. The third kappa shape index (κ3) is 1.69. The standard InChI is InChI=1S/C7H10O4/c1-3-7(2)10-5(8)4-6(9)11-7/h3-4H2,1-2H3. The summed E-state index contributed by atoms with van der Waals surface area (Å²) in [6, 6.07) is 0. The lowest BCUT2D eigenvalue weighted by atomic mass is 10.2. The average Bonchev–Trinajstić information content (AvgIpc) is 1.84. The van der Waals surface area contributed by atoms with Crippen LogP contribution in [0.1, 0.15) is 26.7 Å². The Kier molecular flexibility index (Phi) is 1.85. The second kappa shape index (κ2) is 2.53. The van der Waals surface area contributed by atoms with Crippen LogP contribution in [0.5, 0.6) is 0 Å². The monoisotopic (exact) mass is 158 g/mol. The van der Waals surface area contributed by atoms with Crippen LogP contribution in [0.15, 0.2) is 0 Å². The van der Waals surface area contributed by atoms with E-state index < -0.39 is 17.7 Å². The van der Waals surface area contributed by atoms with Crippen molar-refractivity contribution in [3.05, 3.63) is 0 Å². The highest BCUT2D eigenvalue weighted by Crippen LogP contribution is 2.22. The Morgan fingerprint density at radius 3 is 2.18 bits per heavy atom. The summed E-state index contributed by atoms with van der Waals surface area (Å²) in [5, 5.41) is 0. The maximum atomic E-state index is 10.7. The first-order chi connectivity index (χ1) is 5.06. The average molecular weight is 158 g/mol. The summed E-state index contributed by atoms with van der Waals surface area (Å²) < 4.78 is 9.62. The van der Waals surface area contributed by atoms with Crippen molar-refractivity contribution in [2.24, 2.45) is 0 Å². The molecule has 0 saturated carbocycles. The third-order valence-corrected chi connectivity index (χ3v) is 1.59. The minimum absolute atomic E-state index is 0.268. The summed E-state index contributed by atoms with van der Waals surface area (Å²) >= 11 is 0. The molecule has 62 valence electrons. The normalized spacial score (nSPS) is 22.4. The molecule has 1 rings (SSSR count). The third-order valence-electron chi connectivity index (χ3n) is 1.59. The summed E-state index contributed by atoms with van der Waals surface area (Å²) in [4.78, 5) is 21.4. The van der Waals surface area contributed by atoms with Crippen LogP contribution in [-0.2, 0) is 19.1 Å². The molecule has 1 aliphatic heterocycles. The van der Waals surface area contributed by atoms with Gasteiger partial charge in [-0.15, -0.1) is 0 Å². The van der Waals surface area contributed by atoms with Crippen molar-refractivity contribution in [2.45, 2.75) is 32.5 Å². The first-order valence-electron chi connectivity index (χ1n) is 3.49. The number of hydrogen-bond donors (Lipinski definition) is 0. The Bertz CT molecular complexity index is 181. The number of carbonyl (C=O) groups is 2. The predicted octanol–water partition coefficient (Wildman–Crippen LogP) is 0.603. The molecule has 0 bridgehead atoms. The summed E-state index contributed by atoms with van der Waals surface area (Å²) in [5.74, 6) is -2.05. The maximum Gasteiger partial charge on any atom is 0.320 e. The molecule has 0 unspecified atom stereocenters. The first kappa shape index (κ1) is 8.04. The Morgan fingerprint density at radius 2 is 1.82 bits per heavy atom. The predicted molar refractivity (Wildman–Crippen MR) is 35.5 cm³/mol. The van der Waals surface area contributed by atoms with Crippen molar-refractivity contribution in [1.82, 2.24) is 0 Å². The van der Waals surface area contributed by atoms with Gasteiger partial charge in [-0.1, -0.05) is 6.92 Å². The molecule has 0 aromatic carbocycles. The topological polar surface area (TPSA) is 52.6 Å². The largest absolute Gasteiger partial charge is 0.422 e. The van der Waals surface area contributed by atoms with Crippen molar-refractivity contribution >= 4 is 11.9 Å². The fraction of sp³-hybridized carbons (Fsp3) is 0.714. The van der Waals surface area contributed by atoms with E-state index in [1.807, 2.05) is 0 Å². The summed E-state index contributed by atoms with van der Waals surface area (Å²) in [6.45, 7) is 3.36. The highest BCUT2D eigenvalue weighted by atomic mass is 16.7. The van der Waals surface area contributed by atoms with Crippen molar-refractivity contribution in [1.29, 1.82) is 0 Å². The van der Waals surface area contributed by atoms with Gasteiger partial charge in [-0.05, 0) is 0 Å². The quantitative estimate of drug-likeness (QED) is 0.414. The lowest BCUT2D eigenvalue weighted by molar-refractivity contribution is -0.238. The number of esters is 2. The van der Waals surface area contributed by atoms with Gasteiger partial charge in [0.15, 0.2) is 0 Å². The fourth-order valence-corrected chi connectivity index (χ4v) is 0.837. The molecular weight excluding hydrogens is 148 g/mol. The summed E-state index contributed by atoms with van der Waals surface area (Å²) in [5.41, 5.74) is 0. The van der Waals surface area contributed by atoms with E-state index in [1.54, 1.807) is 13.8 Å². The molecule has 1 aliphatic rings. The number of rotatable bonds is 1. The summed E-state index contributed by atoms with van der Waals surface area (Å²) in [7, 11) is 0. The van der Waals surface area contributed by atoms with Gasteiger partial charge in [0.2, 0.25) is 0 Å². The Labute approximate surface area is 64.5 Å². The summed E-state index contributed by atoms with van der Waals surface area (Å²) in [6.07, 6.45) is 0.208. The van der Waals surface area contributed by atoms with Crippen LogP contribution in [0.4, 0.5) is 0 Å². The second-order valence-corrected chi connectivity index (χ2v) is 2.61. The molecule has 4 heteroatoms. The van der Waals surface area contributed by atoms with Gasteiger partial charge >= 0.3 is 11.9 Å². The molecule has 11 heavy (non-hydrogen) atoms. The molecule has 0 atom stereocenters. The van der Waals surface area contributed by atoms with Crippen LogP contribution in [0.25, 0.3) is 0 Å². The van der Waals surface area contributed by atoms with Crippen LogP contribution in [0.2, 0.25) is 0 Å². The van der Waals surface area contributed by atoms with Gasteiger partial charge in [0, 0.05) is 13.3 Å². The van der Waals surface area contributed by atoms with Gasteiger partial charge in [-0.25, -0.2) is 0 Å². The molecular formula is C7H10O4. The molecule has 1 fully saturated rings. The van der Waals surface area contributed by atoms with Crippen molar-refractivity contribution in [3.63, 3.8) is 0 Å². The van der Waals surface area contributed by atoms with E-state index in [1.165, 1.54) is 0 Å². The van der Waals surface area contributed by atoms with Gasteiger partial charge in [0.1, 0.15) is 6.42 Å². The van der Waals surface area contributed by atoms with Crippen LogP contribution in [-0.4, -0.2) is 17.7 Å². The molecule has 0 radical (unpaired) electrons. The molecule has 1 saturated heterocycles. The maximum absolute atomic E-state index is 10.7. The molecule has 0 N–H and O–H groups in total. The Hall–Kier alpha value is -1.06. The van der Waals surface area contributed by atoms with Gasteiger partial charge < -0.3 is 9.47 Å². The van der Waals surface area contributed by atoms with E-state index in [0.717, 1.165) is 0 Å². The van der Waals surface area contributed by atoms with Crippen LogP contribution in [0.3, 0.4) is 0 Å². The van der Waals surface area contributed by atoms with Crippen molar-refractivity contribution < 1.29 is 19.1 Å². The van der Waals surface area contributed by atoms with Crippen molar-refractivity contribution in [3.8, 4) is 0 Å². The number of cyclic esters (lactones) is 2. The zero-order valence-electron chi connectivity index (χ0n) is 6.55. The lowest BCUT2D eigenvalue weighted by Crippen LogP contribution is -2.42. The highest BCUT2D eigenvalue weighted by Gasteiger charge is 2.37. The van der Waals surface area contributed by atoms with E-state index in [4.69, 9.17) is 9.47 Å². The lowest BCUT2D eigenvalue weighted by Gasteiger charge is -2.31. The van der Waals surface area contributed by atoms with Gasteiger partial charge in [-0.2, -0.15) is 0 Å². The number of ether oxygens (including phenoxy) is 2. The van der Waals surface area contributed by atoms with Crippen molar-refractivity contribution in [2.75, 3.05) is 0 Å². The zero-order valence-corrected chi connectivity index (χ0v) is 6.55. The Morgan fingerprint density at radius 1 is 1.36 bits per heavy atom. The zero-order chi connectivity index (χ0) is 8.48. The van der Waals surface area contributed by atoms with Gasteiger partial charge in [-0.3, -0.25) is 9.59 Å². The van der Waals surface area contributed by atoms with Crippen LogP contribution in [0, 0.1) is 0 Å². The molecule has 0 aliphatic carbocycles. The van der Waals surface area contributed by atoms with E-state index in [2.05, 4.69) is 0 Å². The molecule has 0 aromatic rings. The minimum atomic E-state index is -1.04. The van der Waals surface area contributed by atoms with E-state index in [9.17, 15) is 9.59 Å². The molecule has 0 aromatic heterocycles. The molecule has 4 nitrogen and oxygen atoms in total. The smallest absolute Gasteiger partial charge is 0.320 e. The van der Waals surface area contributed by atoms with E-state index in [-0.39, 0.29) is 6.42 Å². The number of carbonyl (C=O) groups excluding carboxylic acids is 2. The SMILES string of the molecule is CCC1(C)OC(=O)CC(=O)O1. The number of hydrogen-bond acceptors (Lipinski definition) is 4. The van der Waals surface area contributed by atoms with Crippen LogP contribution < -0.4 is 0 Å². The van der Waals surface area contributed by atoms with Gasteiger partial charge in [0.05, 0.1) is 0 Å². The highest BCUT2D eigenvalue weighted by molar-refractivity contribution is 5.93. The molecule has 0 spiro atoms.